The molecule has 132 valence electrons. The van der Waals surface area contributed by atoms with Crippen molar-refractivity contribution < 1.29 is 17.9 Å². The van der Waals surface area contributed by atoms with Crippen molar-refractivity contribution in [1.29, 1.82) is 0 Å². The quantitative estimate of drug-likeness (QED) is 0.293. The molecule has 0 unspecified atom stereocenters. The van der Waals surface area contributed by atoms with Crippen LogP contribution in [0.5, 0.6) is 5.88 Å². The smallest absolute Gasteiger partial charge is 0.417 e. The van der Waals surface area contributed by atoms with Crippen LogP contribution in [-0.2, 0) is 6.18 Å². The third-order valence-corrected chi connectivity index (χ3v) is 2.55. The van der Waals surface area contributed by atoms with Gasteiger partial charge in [0, 0.05) is 25.4 Å². The molecule has 0 fully saturated rings. The lowest BCUT2D eigenvalue weighted by Crippen LogP contribution is -2.39. The Labute approximate surface area is 151 Å². The molecule has 5 nitrogen and oxygen atoms in total. The number of hydrogen-bond acceptors (Lipinski definition) is 3. The van der Waals surface area contributed by atoms with Crippen molar-refractivity contribution in [2.45, 2.75) is 26.4 Å². The highest BCUT2D eigenvalue weighted by Crippen LogP contribution is 2.29. The number of nitrogens with one attached hydrogen (secondary N) is 2. The molecule has 0 aromatic carbocycles. The summed E-state index contributed by atoms with van der Waals surface area (Å²) in [5.41, 5.74) is -0.792. The molecule has 23 heavy (non-hydrogen) atoms. The van der Waals surface area contributed by atoms with Crippen molar-refractivity contribution in [1.82, 2.24) is 15.6 Å². The number of alkyl halides is 3. The molecule has 0 radical (unpaired) electrons. The molecule has 0 spiro atoms. The second-order valence-corrected chi connectivity index (χ2v) is 4.42. The van der Waals surface area contributed by atoms with E-state index in [1.54, 1.807) is 0 Å². The zero-order valence-corrected chi connectivity index (χ0v) is 15.4. The molecule has 0 atom stereocenters. The van der Waals surface area contributed by atoms with E-state index in [4.69, 9.17) is 4.74 Å². The first-order chi connectivity index (χ1) is 10.5. The Morgan fingerprint density at radius 3 is 2.52 bits per heavy atom. The molecular formula is C14H22F3IN4O. The second-order valence-electron chi connectivity index (χ2n) is 4.42. The molecule has 0 saturated carbocycles. The van der Waals surface area contributed by atoms with Gasteiger partial charge >= 0.3 is 6.18 Å². The summed E-state index contributed by atoms with van der Waals surface area (Å²) in [7, 11) is 0. The first-order valence-electron chi connectivity index (χ1n) is 7.15. The molecular weight excluding hydrogens is 424 g/mol. The maximum atomic E-state index is 12.4. The summed E-state index contributed by atoms with van der Waals surface area (Å²) in [5.74, 6) is 0.846. The van der Waals surface area contributed by atoms with Gasteiger partial charge in [0.1, 0.15) is 6.61 Å². The summed E-state index contributed by atoms with van der Waals surface area (Å²) in [4.78, 5) is 7.95. The summed E-state index contributed by atoms with van der Waals surface area (Å²) in [6, 6.07) is 2.15. The van der Waals surface area contributed by atoms with Crippen LogP contribution in [0.25, 0.3) is 0 Å². The molecule has 0 aliphatic heterocycles. The Morgan fingerprint density at radius 2 is 2.00 bits per heavy atom. The van der Waals surface area contributed by atoms with Gasteiger partial charge in [-0.25, -0.2) is 4.98 Å². The van der Waals surface area contributed by atoms with Gasteiger partial charge in [0.15, 0.2) is 5.96 Å². The van der Waals surface area contributed by atoms with Gasteiger partial charge in [-0.05, 0) is 19.4 Å². The van der Waals surface area contributed by atoms with Gasteiger partial charge in [-0.15, -0.1) is 24.0 Å². The van der Waals surface area contributed by atoms with E-state index in [1.807, 2.05) is 13.8 Å². The number of rotatable bonds is 7. The van der Waals surface area contributed by atoms with E-state index in [9.17, 15) is 13.2 Å². The van der Waals surface area contributed by atoms with Crippen molar-refractivity contribution >= 4 is 29.9 Å². The first-order valence-corrected chi connectivity index (χ1v) is 7.15. The predicted molar refractivity (Wildman–Crippen MR) is 94.4 cm³/mol. The Bertz CT molecular complexity index is 466. The molecule has 0 bridgehead atoms. The fourth-order valence-corrected chi connectivity index (χ4v) is 1.52. The third kappa shape index (κ3) is 8.82. The van der Waals surface area contributed by atoms with Crippen LogP contribution >= 0.6 is 24.0 Å². The van der Waals surface area contributed by atoms with E-state index < -0.39 is 11.7 Å². The zero-order valence-electron chi connectivity index (χ0n) is 13.1. The molecule has 1 heterocycles. The Kier molecular flexibility index (Phi) is 10.7. The molecule has 0 saturated heterocycles. The average molecular weight is 446 g/mol. The lowest BCUT2D eigenvalue weighted by atomic mass is 10.3. The average Bonchev–Trinajstić information content (AvgIpc) is 2.48. The molecule has 9 heteroatoms. The van der Waals surface area contributed by atoms with E-state index in [0.717, 1.165) is 31.8 Å². The minimum atomic E-state index is -4.39. The van der Waals surface area contributed by atoms with Gasteiger partial charge in [0.05, 0.1) is 12.1 Å². The van der Waals surface area contributed by atoms with E-state index in [1.165, 1.54) is 6.07 Å². The summed E-state index contributed by atoms with van der Waals surface area (Å²) in [6.45, 7) is 6.21. The topological polar surface area (TPSA) is 58.5 Å². The van der Waals surface area contributed by atoms with Gasteiger partial charge < -0.3 is 15.4 Å². The van der Waals surface area contributed by atoms with Gasteiger partial charge in [0.25, 0.3) is 0 Å². The highest BCUT2D eigenvalue weighted by Gasteiger charge is 2.30. The van der Waals surface area contributed by atoms with Crippen LogP contribution in [0.15, 0.2) is 23.3 Å². The van der Waals surface area contributed by atoms with Crippen LogP contribution in [0, 0.1) is 0 Å². The highest BCUT2D eigenvalue weighted by molar-refractivity contribution is 14.0. The van der Waals surface area contributed by atoms with Crippen LogP contribution in [-0.4, -0.2) is 37.2 Å². The van der Waals surface area contributed by atoms with Crippen LogP contribution in [0.3, 0.4) is 0 Å². The van der Waals surface area contributed by atoms with Crippen LogP contribution in [0.2, 0.25) is 0 Å². The lowest BCUT2D eigenvalue weighted by molar-refractivity contribution is -0.137. The lowest BCUT2D eigenvalue weighted by Gasteiger charge is -2.12. The maximum Gasteiger partial charge on any atom is 0.417 e. The predicted octanol–water partition coefficient (Wildman–Crippen LogP) is 3.06. The number of guanidine groups is 1. The Hall–Kier alpha value is -1.26. The monoisotopic (exact) mass is 446 g/mol. The molecule has 1 aromatic heterocycles. The number of aliphatic imine (C=N–C) groups is 1. The minimum Gasteiger partial charge on any atom is -0.476 e. The minimum absolute atomic E-state index is 0. The second kappa shape index (κ2) is 11.3. The van der Waals surface area contributed by atoms with Crippen molar-refractivity contribution in [2.75, 3.05) is 26.2 Å². The number of nitrogens with zero attached hydrogens (tertiary/aromatic N) is 2. The van der Waals surface area contributed by atoms with E-state index in [-0.39, 0.29) is 36.5 Å². The standard InChI is InChI=1S/C14H21F3N4O.HI/c1-3-7-19-13(18-4-2)20-8-9-22-12-6-5-11(10-21-12)14(15,16)17;/h5-6,10H,3-4,7-9H2,1-2H3,(H2,18,19,20);1H. The maximum absolute atomic E-state index is 12.4. The number of halogens is 4. The number of aromatic nitrogens is 1. The summed E-state index contributed by atoms with van der Waals surface area (Å²) in [5, 5.41) is 6.15. The van der Waals surface area contributed by atoms with Crippen molar-refractivity contribution in [3.05, 3.63) is 23.9 Å². The molecule has 1 rings (SSSR count). The van der Waals surface area contributed by atoms with E-state index >= 15 is 0 Å². The number of hydrogen-bond donors (Lipinski definition) is 2. The van der Waals surface area contributed by atoms with Crippen LogP contribution in [0.4, 0.5) is 13.2 Å². The molecule has 2 N–H and O–H groups in total. The highest BCUT2D eigenvalue weighted by atomic mass is 127. The largest absolute Gasteiger partial charge is 0.476 e. The molecule has 1 aromatic rings. The summed E-state index contributed by atoms with van der Waals surface area (Å²) in [6.07, 6.45) is -2.68. The SMILES string of the molecule is CCCN=C(NCC)NCCOc1ccc(C(F)(F)F)cn1.I. The summed E-state index contributed by atoms with van der Waals surface area (Å²) >= 11 is 0. The van der Waals surface area contributed by atoms with Gasteiger partial charge in [-0.1, -0.05) is 6.92 Å². The van der Waals surface area contributed by atoms with Gasteiger partial charge in [-0.3, -0.25) is 4.99 Å². The fourth-order valence-electron chi connectivity index (χ4n) is 1.52. The van der Waals surface area contributed by atoms with Crippen LogP contribution in [0.1, 0.15) is 25.8 Å². The Morgan fingerprint density at radius 1 is 1.26 bits per heavy atom. The van der Waals surface area contributed by atoms with Crippen molar-refractivity contribution in [3.63, 3.8) is 0 Å². The Balaban J connectivity index is 0.00000484. The number of ether oxygens (including phenoxy) is 1. The first kappa shape index (κ1) is 21.7. The van der Waals surface area contributed by atoms with E-state index in [2.05, 4.69) is 20.6 Å². The van der Waals surface area contributed by atoms with Crippen molar-refractivity contribution in [3.8, 4) is 5.88 Å². The summed E-state index contributed by atoms with van der Waals surface area (Å²) < 4.78 is 42.4. The molecule has 0 amide bonds. The number of pyridine rings is 1. The van der Waals surface area contributed by atoms with E-state index in [0.29, 0.717) is 12.5 Å². The van der Waals surface area contributed by atoms with Gasteiger partial charge in [0.2, 0.25) is 5.88 Å². The normalized spacial score (nSPS) is 11.6. The third-order valence-electron chi connectivity index (χ3n) is 2.55. The molecule has 0 aliphatic carbocycles. The van der Waals surface area contributed by atoms with Crippen molar-refractivity contribution in [2.24, 2.45) is 4.99 Å². The zero-order chi connectivity index (χ0) is 16.4. The fraction of sp³-hybridized carbons (Fsp3) is 0.571. The van der Waals surface area contributed by atoms with Gasteiger partial charge in [-0.2, -0.15) is 13.2 Å². The van der Waals surface area contributed by atoms with Crippen LogP contribution < -0.4 is 15.4 Å². The molecule has 0 aliphatic rings.